The van der Waals surface area contributed by atoms with Crippen molar-refractivity contribution < 1.29 is 18.7 Å². The van der Waals surface area contributed by atoms with E-state index in [0.29, 0.717) is 16.1 Å². The van der Waals surface area contributed by atoms with Crippen molar-refractivity contribution in [3.05, 3.63) is 74.7 Å². The molecular weight excluding hydrogens is 465 g/mol. The summed E-state index contributed by atoms with van der Waals surface area (Å²) in [6.07, 6.45) is 5.19. The van der Waals surface area contributed by atoms with Crippen molar-refractivity contribution in [2.24, 2.45) is 0 Å². The Bertz CT molecular complexity index is 1360. The maximum absolute atomic E-state index is 13.4. The van der Waals surface area contributed by atoms with E-state index in [-0.39, 0.29) is 18.0 Å². The predicted octanol–water partition coefficient (Wildman–Crippen LogP) is 5.90. The molecule has 0 spiro atoms. The van der Waals surface area contributed by atoms with Crippen LogP contribution in [0.3, 0.4) is 0 Å². The van der Waals surface area contributed by atoms with Gasteiger partial charge >= 0.3 is 5.97 Å². The highest BCUT2D eigenvalue weighted by Gasteiger charge is 2.28. The van der Waals surface area contributed by atoms with E-state index in [0.717, 1.165) is 53.2 Å². The molecule has 6 nitrogen and oxygen atoms in total. The number of thiophene rings is 1. The number of fused-ring (bicyclic) bond motifs is 1. The van der Waals surface area contributed by atoms with E-state index >= 15 is 0 Å². The lowest BCUT2D eigenvalue weighted by Gasteiger charge is -2.12. The molecule has 180 valence electrons. The van der Waals surface area contributed by atoms with E-state index in [4.69, 9.17) is 4.74 Å². The first-order valence-corrected chi connectivity index (χ1v) is 12.3. The van der Waals surface area contributed by atoms with Gasteiger partial charge < -0.3 is 14.6 Å². The van der Waals surface area contributed by atoms with Crippen LogP contribution in [0.15, 0.2) is 35.9 Å². The molecule has 0 saturated heterocycles. The van der Waals surface area contributed by atoms with Gasteiger partial charge in [-0.2, -0.15) is 5.26 Å². The molecule has 35 heavy (non-hydrogen) atoms. The Labute approximate surface area is 207 Å². The van der Waals surface area contributed by atoms with E-state index in [1.54, 1.807) is 19.1 Å². The summed E-state index contributed by atoms with van der Waals surface area (Å²) in [7, 11) is 0. The molecule has 3 aromatic rings. The van der Waals surface area contributed by atoms with Crippen LogP contribution < -0.4 is 5.32 Å². The first kappa shape index (κ1) is 24.4. The van der Waals surface area contributed by atoms with Crippen LogP contribution in [0.1, 0.15) is 57.5 Å². The van der Waals surface area contributed by atoms with Crippen molar-refractivity contribution >= 4 is 34.3 Å². The molecule has 0 radical (unpaired) electrons. The van der Waals surface area contributed by atoms with E-state index in [9.17, 15) is 19.2 Å². The number of aryl methyl sites for hydroxylation is 2. The Hall–Kier alpha value is -3.70. The SMILES string of the molecule is CCOC(=O)c1c(NC(=O)/C(C#N)=C/c2cc(C)n(-c3ccc(F)cc3)c2C)sc2c1CCCC2. The van der Waals surface area contributed by atoms with Gasteiger partial charge in [-0.1, -0.05) is 0 Å². The molecule has 0 unspecified atom stereocenters. The number of hydrogen-bond donors (Lipinski definition) is 1. The molecule has 0 saturated carbocycles. The molecule has 0 bridgehead atoms. The minimum absolute atomic E-state index is 0.0782. The number of amides is 1. The average molecular weight is 492 g/mol. The topological polar surface area (TPSA) is 84.1 Å². The smallest absolute Gasteiger partial charge is 0.341 e. The highest BCUT2D eigenvalue weighted by molar-refractivity contribution is 7.17. The van der Waals surface area contributed by atoms with Crippen LogP contribution >= 0.6 is 11.3 Å². The Kier molecular flexibility index (Phi) is 7.17. The lowest BCUT2D eigenvalue weighted by atomic mass is 9.95. The third kappa shape index (κ3) is 4.91. The average Bonchev–Trinajstić information content (AvgIpc) is 3.34. The molecule has 1 aliphatic rings. The summed E-state index contributed by atoms with van der Waals surface area (Å²) in [5, 5.41) is 13.0. The molecule has 4 rings (SSSR count). The van der Waals surface area contributed by atoms with Gasteiger partial charge in [0.05, 0.1) is 12.2 Å². The molecule has 8 heteroatoms. The quantitative estimate of drug-likeness (QED) is 0.264. The number of esters is 1. The summed E-state index contributed by atoms with van der Waals surface area (Å²) in [5.41, 5.74) is 4.46. The predicted molar refractivity (Wildman–Crippen MR) is 134 cm³/mol. The van der Waals surface area contributed by atoms with Gasteiger partial charge in [-0.3, -0.25) is 4.79 Å². The monoisotopic (exact) mass is 491 g/mol. The molecule has 1 amide bonds. The number of halogens is 1. The van der Waals surface area contributed by atoms with Crippen molar-refractivity contribution in [2.45, 2.75) is 46.5 Å². The number of anilines is 1. The number of aromatic nitrogens is 1. The van der Waals surface area contributed by atoms with E-state index < -0.39 is 11.9 Å². The molecule has 1 aromatic carbocycles. The van der Waals surface area contributed by atoms with Gasteiger partial charge in [0, 0.05) is 22.0 Å². The van der Waals surface area contributed by atoms with Gasteiger partial charge in [-0.05, 0) is 94.0 Å². The number of nitriles is 1. The lowest BCUT2D eigenvalue weighted by molar-refractivity contribution is -0.112. The molecule has 2 aromatic heterocycles. The number of ether oxygens (including phenoxy) is 1. The number of carbonyl (C=O) groups is 2. The molecule has 2 heterocycles. The number of rotatable bonds is 6. The minimum atomic E-state index is -0.580. The summed E-state index contributed by atoms with van der Waals surface area (Å²) in [4.78, 5) is 26.9. The maximum Gasteiger partial charge on any atom is 0.341 e. The van der Waals surface area contributed by atoms with Crippen LogP contribution in [-0.4, -0.2) is 23.1 Å². The molecule has 1 N–H and O–H groups in total. The highest BCUT2D eigenvalue weighted by Crippen LogP contribution is 2.39. The van der Waals surface area contributed by atoms with Crippen LogP contribution in [-0.2, 0) is 22.4 Å². The van der Waals surface area contributed by atoms with Gasteiger partial charge in [0.1, 0.15) is 22.5 Å². The number of carbonyl (C=O) groups excluding carboxylic acids is 2. The minimum Gasteiger partial charge on any atom is -0.462 e. The molecule has 0 atom stereocenters. The summed E-state index contributed by atoms with van der Waals surface area (Å²) >= 11 is 1.38. The fourth-order valence-electron chi connectivity index (χ4n) is 4.47. The fraction of sp³-hybridized carbons (Fsp3) is 0.296. The highest BCUT2D eigenvalue weighted by atomic mass is 32.1. The third-order valence-corrected chi connectivity index (χ3v) is 7.31. The standard InChI is InChI=1S/C27H26FN3O3S/c1-4-34-27(33)24-22-7-5-6-8-23(22)35-26(24)30-25(32)19(15-29)14-18-13-16(2)31(17(18)3)21-11-9-20(28)10-12-21/h9-14H,4-8H2,1-3H3,(H,30,32)/b19-14+. The molecule has 1 aliphatic carbocycles. The van der Waals surface area contributed by atoms with Gasteiger partial charge in [0.2, 0.25) is 0 Å². The van der Waals surface area contributed by atoms with Crippen molar-refractivity contribution in [1.82, 2.24) is 4.57 Å². The number of benzene rings is 1. The number of nitrogens with one attached hydrogen (secondary N) is 1. The maximum atomic E-state index is 13.4. The second-order valence-corrected chi connectivity index (χ2v) is 9.50. The van der Waals surface area contributed by atoms with Crippen molar-refractivity contribution in [3.63, 3.8) is 0 Å². The zero-order chi connectivity index (χ0) is 25.1. The number of nitrogens with zero attached hydrogens (tertiary/aromatic N) is 2. The van der Waals surface area contributed by atoms with Crippen molar-refractivity contribution in [2.75, 3.05) is 11.9 Å². The summed E-state index contributed by atoms with van der Waals surface area (Å²) in [5.74, 6) is -1.35. The lowest BCUT2D eigenvalue weighted by Crippen LogP contribution is -2.16. The van der Waals surface area contributed by atoms with E-state index in [2.05, 4.69) is 5.32 Å². The Morgan fingerprint density at radius 2 is 1.94 bits per heavy atom. The van der Waals surface area contributed by atoms with Crippen molar-refractivity contribution in [1.29, 1.82) is 5.26 Å². The van der Waals surface area contributed by atoms with Gasteiger partial charge in [0.25, 0.3) is 5.91 Å². The van der Waals surface area contributed by atoms with Crippen LogP contribution in [0, 0.1) is 31.0 Å². The van der Waals surface area contributed by atoms with Gasteiger partial charge in [-0.25, -0.2) is 9.18 Å². The Morgan fingerprint density at radius 3 is 2.63 bits per heavy atom. The zero-order valence-corrected chi connectivity index (χ0v) is 20.7. The van der Waals surface area contributed by atoms with Crippen LogP contribution in [0.4, 0.5) is 9.39 Å². The number of hydrogen-bond acceptors (Lipinski definition) is 5. The Morgan fingerprint density at radius 1 is 1.23 bits per heavy atom. The zero-order valence-electron chi connectivity index (χ0n) is 19.9. The molecule has 0 aliphatic heterocycles. The summed E-state index contributed by atoms with van der Waals surface area (Å²) < 4.78 is 20.5. The second-order valence-electron chi connectivity index (χ2n) is 8.40. The van der Waals surface area contributed by atoms with Gasteiger partial charge in [-0.15, -0.1) is 11.3 Å². The van der Waals surface area contributed by atoms with Crippen LogP contribution in [0.25, 0.3) is 11.8 Å². The molecular formula is C27H26FN3O3S. The third-order valence-electron chi connectivity index (χ3n) is 6.10. The summed E-state index contributed by atoms with van der Waals surface area (Å²) in [6, 6.07) is 9.99. The first-order chi connectivity index (χ1) is 16.8. The van der Waals surface area contributed by atoms with Crippen LogP contribution in [0.2, 0.25) is 0 Å². The normalized spacial score (nSPS) is 13.2. The largest absolute Gasteiger partial charge is 0.462 e. The Balaban J connectivity index is 1.66. The first-order valence-electron chi connectivity index (χ1n) is 11.5. The van der Waals surface area contributed by atoms with Gasteiger partial charge in [0.15, 0.2) is 0 Å². The van der Waals surface area contributed by atoms with E-state index in [1.165, 1.54) is 29.5 Å². The van der Waals surface area contributed by atoms with Crippen molar-refractivity contribution in [3.8, 4) is 11.8 Å². The summed E-state index contributed by atoms with van der Waals surface area (Å²) in [6.45, 7) is 5.76. The molecule has 0 fully saturated rings. The fourth-order valence-corrected chi connectivity index (χ4v) is 5.74. The second kappa shape index (κ2) is 10.3. The van der Waals surface area contributed by atoms with E-state index in [1.807, 2.05) is 30.6 Å². The van der Waals surface area contributed by atoms with Crippen LogP contribution in [0.5, 0.6) is 0 Å².